The summed E-state index contributed by atoms with van der Waals surface area (Å²) in [5.74, 6) is -2.46. The van der Waals surface area contributed by atoms with E-state index in [1.54, 1.807) is 0 Å². The molecule has 0 amide bonds. The monoisotopic (exact) mass is 286 g/mol. The van der Waals surface area contributed by atoms with Gasteiger partial charge in [-0.25, -0.2) is 8.78 Å². The lowest BCUT2D eigenvalue weighted by Gasteiger charge is -2.05. The lowest BCUT2D eigenvalue weighted by atomic mass is 10.3. The summed E-state index contributed by atoms with van der Waals surface area (Å²) in [4.78, 5) is 0. The highest BCUT2D eigenvalue weighted by Crippen LogP contribution is 2.28. The highest BCUT2D eigenvalue weighted by molar-refractivity contribution is 9.10. The summed E-state index contributed by atoms with van der Waals surface area (Å²) in [6.45, 7) is 0. The molecule has 78 valence electrons. The van der Waals surface area contributed by atoms with Crippen LogP contribution in [0.15, 0.2) is 16.6 Å². The fourth-order valence-electron chi connectivity index (χ4n) is 0.736. The molecule has 1 aromatic rings. The Morgan fingerprint density at radius 1 is 1.36 bits per heavy atom. The zero-order chi connectivity index (χ0) is 10.9. The van der Waals surface area contributed by atoms with Gasteiger partial charge in [-0.15, -0.1) is 0 Å². The summed E-state index contributed by atoms with van der Waals surface area (Å²) >= 11 is 2.61. The summed E-state index contributed by atoms with van der Waals surface area (Å²) in [5, 5.41) is 0. The van der Waals surface area contributed by atoms with Crippen molar-refractivity contribution in [1.29, 1.82) is 0 Å². The van der Waals surface area contributed by atoms with Gasteiger partial charge >= 0.3 is 10.1 Å². The second-order valence-electron chi connectivity index (χ2n) is 2.46. The Bertz CT molecular complexity index is 458. The van der Waals surface area contributed by atoms with Crippen LogP contribution in [-0.4, -0.2) is 14.7 Å². The Kier molecular flexibility index (Phi) is 3.10. The van der Waals surface area contributed by atoms with Crippen LogP contribution in [0.4, 0.5) is 8.78 Å². The molecule has 0 aliphatic rings. The third-order valence-electron chi connectivity index (χ3n) is 1.24. The van der Waals surface area contributed by atoms with Gasteiger partial charge in [0.2, 0.25) is 0 Å². The first-order valence-corrected chi connectivity index (χ1v) is 5.95. The molecule has 0 aliphatic carbocycles. The van der Waals surface area contributed by atoms with Gasteiger partial charge in [0, 0.05) is 0 Å². The predicted molar refractivity (Wildman–Crippen MR) is 49.5 cm³/mol. The first-order valence-electron chi connectivity index (χ1n) is 3.34. The van der Waals surface area contributed by atoms with Crippen LogP contribution in [0.3, 0.4) is 0 Å². The average Bonchev–Trinajstić information content (AvgIpc) is 2.04. The maximum absolute atomic E-state index is 13.1. The summed E-state index contributed by atoms with van der Waals surface area (Å²) in [5.41, 5.74) is 0. The second-order valence-corrected chi connectivity index (χ2v) is 4.83. The van der Waals surface area contributed by atoms with Crippen molar-refractivity contribution in [1.82, 2.24) is 0 Å². The molecule has 7 heteroatoms. The molecule has 14 heavy (non-hydrogen) atoms. The third-order valence-corrected chi connectivity index (χ3v) is 2.45. The van der Waals surface area contributed by atoms with Crippen LogP contribution in [0.1, 0.15) is 0 Å². The topological polar surface area (TPSA) is 43.4 Å². The molecule has 1 aromatic carbocycles. The highest BCUT2D eigenvalue weighted by Gasteiger charge is 2.15. The van der Waals surface area contributed by atoms with E-state index in [1.165, 1.54) is 0 Å². The van der Waals surface area contributed by atoms with Crippen molar-refractivity contribution in [3.63, 3.8) is 0 Å². The van der Waals surface area contributed by atoms with Gasteiger partial charge in [0.15, 0.2) is 11.6 Å². The van der Waals surface area contributed by atoms with Crippen molar-refractivity contribution in [2.24, 2.45) is 0 Å². The lowest BCUT2D eigenvalue weighted by molar-refractivity contribution is 0.460. The van der Waals surface area contributed by atoms with Crippen LogP contribution in [-0.2, 0) is 10.1 Å². The Hall–Kier alpha value is -0.690. The highest BCUT2D eigenvalue weighted by atomic mass is 79.9. The molecule has 3 nitrogen and oxygen atoms in total. The average molecular weight is 287 g/mol. The van der Waals surface area contributed by atoms with Gasteiger partial charge in [-0.3, -0.25) is 0 Å². The smallest absolute Gasteiger partial charge is 0.306 e. The summed E-state index contributed by atoms with van der Waals surface area (Å²) in [6, 6.07) is 1.80. The second kappa shape index (κ2) is 3.82. The van der Waals surface area contributed by atoms with Crippen LogP contribution >= 0.6 is 15.9 Å². The van der Waals surface area contributed by atoms with Gasteiger partial charge in [-0.1, -0.05) is 0 Å². The molecule has 0 fully saturated rings. The fourth-order valence-corrected chi connectivity index (χ4v) is 1.52. The molecule has 0 aromatic heterocycles. The quantitative estimate of drug-likeness (QED) is 0.617. The van der Waals surface area contributed by atoms with E-state index in [4.69, 9.17) is 0 Å². The number of benzene rings is 1. The normalized spacial score (nSPS) is 11.4. The van der Waals surface area contributed by atoms with Crippen LogP contribution in [0, 0.1) is 11.6 Å². The maximum Gasteiger partial charge on any atom is 0.306 e. The summed E-state index contributed by atoms with van der Waals surface area (Å²) < 4.78 is 50.9. The number of hydrogen-bond acceptors (Lipinski definition) is 3. The standard InChI is InChI=1S/C7H5BrF2O3S/c1-14(11,12)13-5-3-2-4(9)6(8)7(5)10/h2-3H,1H3. The van der Waals surface area contributed by atoms with Gasteiger partial charge < -0.3 is 4.18 Å². The minimum atomic E-state index is -3.81. The van der Waals surface area contributed by atoms with Crippen LogP contribution < -0.4 is 4.18 Å². The first-order chi connectivity index (χ1) is 6.31. The Balaban J connectivity index is 3.19. The largest absolute Gasteiger partial charge is 0.379 e. The molecular formula is C7H5BrF2O3S. The van der Waals surface area contributed by atoms with Gasteiger partial charge in [0.05, 0.1) is 10.7 Å². The molecule has 1 rings (SSSR count). The van der Waals surface area contributed by atoms with E-state index < -0.39 is 32.0 Å². The van der Waals surface area contributed by atoms with E-state index in [0.29, 0.717) is 0 Å². The molecule has 0 radical (unpaired) electrons. The third kappa shape index (κ3) is 2.65. The van der Waals surface area contributed by atoms with E-state index in [2.05, 4.69) is 20.1 Å². The van der Waals surface area contributed by atoms with Crippen LogP contribution in [0.2, 0.25) is 0 Å². The van der Waals surface area contributed by atoms with Gasteiger partial charge in [0.25, 0.3) is 0 Å². The molecule has 0 unspecified atom stereocenters. The van der Waals surface area contributed by atoms with Crippen molar-refractivity contribution >= 4 is 26.0 Å². The van der Waals surface area contributed by atoms with Gasteiger partial charge in [-0.2, -0.15) is 8.42 Å². The zero-order valence-corrected chi connectivity index (χ0v) is 9.32. The zero-order valence-electron chi connectivity index (χ0n) is 6.92. The first kappa shape index (κ1) is 11.4. The Morgan fingerprint density at radius 3 is 2.43 bits per heavy atom. The minimum Gasteiger partial charge on any atom is -0.379 e. The molecule has 0 atom stereocenters. The Morgan fingerprint density at radius 2 is 1.93 bits per heavy atom. The molecule has 0 saturated carbocycles. The maximum atomic E-state index is 13.1. The van der Waals surface area contributed by atoms with Crippen LogP contribution in [0.5, 0.6) is 5.75 Å². The molecule has 0 heterocycles. The minimum absolute atomic E-state index is 0.460. The molecular weight excluding hydrogens is 282 g/mol. The summed E-state index contributed by atoms with van der Waals surface area (Å²) in [6.07, 6.45) is 0.768. The van der Waals surface area contributed by atoms with Crippen molar-refractivity contribution in [3.8, 4) is 5.75 Å². The van der Waals surface area contributed by atoms with Gasteiger partial charge in [0.1, 0.15) is 5.82 Å². The number of rotatable bonds is 2. The number of hydrogen-bond donors (Lipinski definition) is 0. The van der Waals surface area contributed by atoms with E-state index >= 15 is 0 Å². The SMILES string of the molecule is CS(=O)(=O)Oc1ccc(F)c(Br)c1F. The van der Waals surface area contributed by atoms with E-state index in [1.807, 2.05) is 0 Å². The van der Waals surface area contributed by atoms with Crippen molar-refractivity contribution in [2.45, 2.75) is 0 Å². The lowest BCUT2D eigenvalue weighted by Crippen LogP contribution is -2.07. The Labute approximate surface area is 87.9 Å². The van der Waals surface area contributed by atoms with E-state index in [-0.39, 0.29) is 0 Å². The molecule has 0 N–H and O–H groups in total. The molecule has 0 spiro atoms. The van der Waals surface area contributed by atoms with Crippen LogP contribution in [0.25, 0.3) is 0 Å². The molecule has 0 aliphatic heterocycles. The van der Waals surface area contributed by atoms with Crippen molar-refractivity contribution < 1.29 is 21.4 Å². The van der Waals surface area contributed by atoms with Gasteiger partial charge in [-0.05, 0) is 28.1 Å². The van der Waals surface area contributed by atoms with Crippen molar-refractivity contribution in [2.75, 3.05) is 6.26 Å². The molecule has 0 bridgehead atoms. The van der Waals surface area contributed by atoms with Crippen molar-refractivity contribution in [3.05, 3.63) is 28.2 Å². The van der Waals surface area contributed by atoms with E-state index in [9.17, 15) is 17.2 Å². The number of halogens is 3. The fraction of sp³-hybridized carbons (Fsp3) is 0.143. The summed E-state index contributed by atoms with van der Waals surface area (Å²) in [7, 11) is -3.81. The van der Waals surface area contributed by atoms with E-state index in [0.717, 1.165) is 18.4 Å². The predicted octanol–water partition coefficient (Wildman–Crippen LogP) is 2.07. The molecule has 0 saturated heterocycles.